The number of hydrogen-bond acceptors (Lipinski definition) is 3. The predicted octanol–water partition coefficient (Wildman–Crippen LogP) is 4.68. The first-order chi connectivity index (χ1) is 11.9. The molecule has 5 nitrogen and oxygen atoms in total. The van der Waals surface area contributed by atoms with Gasteiger partial charge in [-0.05, 0) is 61.8 Å². The quantitative estimate of drug-likeness (QED) is 0.659. The average Bonchev–Trinajstić information content (AvgIpc) is 2.29. The summed E-state index contributed by atoms with van der Waals surface area (Å²) in [5.41, 5.74) is -3.42. The van der Waals surface area contributed by atoms with Crippen LogP contribution in [0.3, 0.4) is 0 Å². The molecule has 1 unspecified atom stereocenters. The Morgan fingerprint density at radius 3 is 1.74 bits per heavy atom. The molecule has 0 aromatic heterocycles. The molecule has 0 radical (unpaired) electrons. The van der Waals surface area contributed by atoms with Gasteiger partial charge in [0.25, 0.3) is 0 Å². The lowest BCUT2D eigenvalue weighted by atomic mass is 9.71. The molecule has 2 rings (SSSR count). The first-order valence-electron chi connectivity index (χ1n) is 9.91. The van der Waals surface area contributed by atoms with E-state index < -0.39 is 27.9 Å². The van der Waals surface area contributed by atoms with Gasteiger partial charge >= 0.3 is 6.09 Å². The summed E-state index contributed by atoms with van der Waals surface area (Å²) in [6.07, 6.45) is 1.34. The normalized spacial score (nSPS) is 31.3. The van der Waals surface area contributed by atoms with Crippen LogP contribution in [0.2, 0.25) is 0 Å². The monoisotopic (exact) mass is 384 g/mol. The van der Waals surface area contributed by atoms with Gasteiger partial charge in [-0.2, -0.15) is 0 Å². The number of nitrogens with zero attached hydrogens (tertiary/aromatic N) is 2. The molecule has 6 heteroatoms. The topological polar surface area (TPSA) is 49.9 Å². The van der Waals surface area contributed by atoms with Crippen molar-refractivity contribution in [1.82, 2.24) is 9.80 Å². The third kappa shape index (κ3) is 4.40. The molecule has 0 N–H and O–H groups in total. The lowest BCUT2D eigenvalue weighted by Gasteiger charge is -2.58. The van der Waals surface area contributed by atoms with Crippen LogP contribution >= 0.6 is 0 Å². The van der Waals surface area contributed by atoms with E-state index in [1.54, 1.807) is 18.7 Å². The molecule has 0 aliphatic carbocycles. The van der Waals surface area contributed by atoms with Crippen LogP contribution in [-0.2, 0) is 9.53 Å². The second-order valence-electron chi connectivity index (χ2n) is 11.0. The minimum atomic E-state index is -1.26. The van der Waals surface area contributed by atoms with Gasteiger partial charge in [0, 0.05) is 49.3 Å². The summed E-state index contributed by atoms with van der Waals surface area (Å²) < 4.78 is 20.5. The van der Waals surface area contributed by atoms with Crippen molar-refractivity contribution in [2.75, 3.05) is 6.54 Å². The molecule has 2 fully saturated rings. The standard InChI is InChI=1S/C21H37FN2O3/c1-15(25)24-18(4,5)13-21(9,14-19(24,6)7)27-16(26)23-11-10-20(8,22)12-17(23,2)3/h10-14H2,1-9H3. The van der Waals surface area contributed by atoms with E-state index in [2.05, 4.69) is 0 Å². The lowest BCUT2D eigenvalue weighted by Crippen LogP contribution is -2.67. The van der Waals surface area contributed by atoms with Gasteiger partial charge in [-0.1, -0.05) is 0 Å². The maximum Gasteiger partial charge on any atom is 0.410 e. The summed E-state index contributed by atoms with van der Waals surface area (Å²) in [6.45, 7) is 17.3. The smallest absolute Gasteiger partial charge is 0.410 e. The molecule has 2 aliphatic rings. The molecule has 0 aromatic rings. The summed E-state index contributed by atoms with van der Waals surface area (Å²) in [5.74, 6) is 0.0257. The fourth-order valence-electron chi connectivity index (χ4n) is 6.13. The van der Waals surface area contributed by atoms with E-state index in [0.717, 1.165) is 0 Å². The molecule has 0 saturated carbocycles. The van der Waals surface area contributed by atoms with E-state index >= 15 is 0 Å². The Balaban J connectivity index is 2.21. The molecule has 1 atom stereocenters. The van der Waals surface area contributed by atoms with Crippen LogP contribution in [0.4, 0.5) is 9.18 Å². The summed E-state index contributed by atoms with van der Waals surface area (Å²) in [6, 6.07) is 0. The highest BCUT2D eigenvalue weighted by molar-refractivity contribution is 5.75. The van der Waals surface area contributed by atoms with Gasteiger partial charge in [0.1, 0.15) is 11.3 Å². The third-order valence-corrected chi connectivity index (χ3v) is 6.08. The average molecular weight is 385 g/mol. The molecule has 2 amide bonds. The first kappa shape index (κ1) is 22.0. The number of rotatable bonds is 1. The number of hydrogen-bond donors (Lipinski definition) is 0. The first-order valence-corrected chi connectivity index (χ1v) is 9.91. The number of carbonyl (C=O) groups is 2. The van der Waals surface area contributed by atoms with Crippen molar-refractivity contribution >= 4 is 12.0 Å². The molecular formula is C21H37FN2O3. The van der Waals surface area contributed by atoms with Crippen molar-refractivity contribution in [3.63, 3.8) is 0 Å². The van der Waals surface area contributed by atoms with E-state index in [9.17, 15) is 14.0 Å². The van der Waals surface area contributed by atoms with Crippen molar-refractivity contribution < 1.29 is 18.7 Å². The summed E-state index contributed by atoms with van der Waals surface area (Å²) >= 11 is 0. The maximum atomic E-state index is 14.4. The van der Waals surface area contributed by atoms with E-state index in [0.29, 0.717) is 32.2 Å². The highest BCUT2D eigenvalue weighted by atomic mass is 19.1. The second kappa shape index (κ2) is 6.35. The Hall–Kier alpha value is -1.33. The van der Waals surface area contributed by atoms with Crippen LogP contribution in [0.25, 0.3) is 0 Å². The molecule has 27 heavy (non-hydrogen) atoms. The van der Waals surface area contributed by atoms with Crippen LogP contribution < -0.4 is 0 Å². The van der Waals surface area contributed by atoms with Crippen molar-refractivity contribution in [1.29, 1.82) is 0 Å². The Bertz CT molecular complexity index is 607. The van der Waals surface area contributed by atoms with Crippen LogP contribution in [0.1, 0.15) is 88.0 Å². The van der Waals surface area contributed by atoms with Crippen molar-refractivity contribution in [3.05, 3.63) is 0 Å². The third-order valence-electron chi connectivity index (χ3n) is 6.08. The zero-order chi connectivity index (χ0) is 21.1. The van der Waals surface area contributed by atoms with Crippen LogP contribution in [0.15, 0.2) is 0 Å². The van der Waals surface area contributed by atoms with Gasteiger partial charge in [0.2, 0.25) is 5.91 Å². The molecule has 2 saturated heterocycles. The van der Waals surface area contributed by atoms with Crippen molar-refractivity contribution in [2.45, 2.75) is 116 Å². The Morgan fingerprint density at radius 2 is 1.33 bits per heavy atom. The van der Waals surface area contributed by atoms with Crippen molar-refractivity contribution in [3.8, 4) is 0 Å². The highest BCUT2D eigenvalue weighted by Gasteiger charge is 2.54. The molecule has 0 aromatic carbocycles. The zero-order valence-electron chi connectivity index (χ0n) is 18.5. The predicted molar refractivity (Wildman–Crippen MR) is 104 cm³/mol. The number of piperidine rings is 2. The number of alkyl halides is 1. The lowest BCUT2D eigenvalue weighted by molar-refractivity contribution is -0.165. The number of halogens is 1. The zero-order valence-corrected chi connectivity index (χ0v) is 18.5. The molecule has 156 valence electrons. The summed E-state index contributed by atoms with van der Waals surface area (Å²) in [4.78, 5) is 28.8. The summed E-state index contributed by atoms with van der Waals surface area (Å²) in [5, 5.41) is 0. The van der Waals surface area contributed by atoms with Gasteiger partial charge in [-0.25, -0.2) is 9.18 Å². The van der Waals surface area contributed by atoms with Gasteiger partial charge in [-0.3, -0.25) is 4.79 Å². The maximum absolute atomic E-state index is 14.4. The van der Waals surface area contributed by atoms with E-state index in [4.69, 9.17) is 4.74 Å². The fraction of sp³-hybridized carbons (Fsp3) is 0.905. The molecule has 2 aliphatic heterocycles. The minimum absolute atomic E-state index is 0.0257. The highest BCUT2D eigenvalue weighted by Crippen LogP contribution is 2.46. The van der Waals surface area contributed by atoms with E-state index in [1.165, 1.54) is 0 Å². The van der Waals surface area contributed by atoms with Gasteiger partial charge in [-0.15, -0.1) is 0 Å². The second-order valence-corrected chi connectivity index (χ2v) is 11.0. The fourth-order valence-corrected chi connectivity index (χ4v) is 6.13. The molecule has 0 bridgehead atoms. The summed E-state index contributed by atoms with van der Waals surface area (Å²) in [7, 11) is 0. The molecular weight excluding hydrogens is 347 g/mol. The van der Waals surface area contributed by atoms with Crippen LogP contribution in [0.5, 0.6) is 0 Å². The van der Waals surface area contributed by atoms with E-state index in [1.807, 2.05) is 53.4 Å². The van der Waals surface area contributed by atoms with Gasteiger partial charge in [0.05, 0.1) is 0 Å². The SMILES string of the molecule is CC(=O)N1C(C)(C)CC(C)(OC(=O)N2CCC(C)(F)CC2(C)C)CC1(C)C. The van der Waals surface area contributed by atoms with Gasteiger partial charge < -0.3 is 14.5 Å². The van der Waals surface area contributed by atoms with Crippen LogP contribution in [0, 0.1) is 0 Å². The number of amides is 2. The Morgan fingerprint density at radius 1 is 0.852 bits per heavy atom. The Kier molecular flexibility index (Phi) is 5.16. The number of likely N-dealkylation sites (tertiary alicyclic amines) is 2. The molecule has 0 spiro atoms. The molecule has 2 heterocycles. The van der Waals surface area contributed by atoms with E-state index in [-0.39, 0.29) is 12.0 Å². The Labute approximate surface area is 163 Å². The number of carbonyl (C=O) groups excluding carboxylic acids is 2. The van der Waals surface area contributed by atoms with Crippen LogP contribution in [-0.4, -0.2) is 56.2 Å². The largest absolute Gasteiger partial charge is 0.443 e. The minimum Gasteiger partial charge on any atom is -0.443 e. The van der Waals surface area contributed by atoms with Gasteiger partial charge in [0.15, 0.2) is 0 Å². The van der Waals surface area contributed by atoms with Crippen molar-refractivity contribution in [2.24, 2.45) is 0 Å². The number of ether oxygens (including phenoxy) is 1.